The minimum absolute atomic E-state index is 0.0990. The summed E-state index contributed by atoms with van der Waals surface area (Å²) >= 11 is 0. The van der Waals surface area contributed by atoms with Crippen molar-refractivity contribution in [3.8, 4) is 0 Å². The molecule has 1 unspecified atom stereocenters. The van der Waals surface area contributed by atoms with Gasteiger partial charge in [0.1, 0.15) is 0 Å². The molecule has 0 bridgehead atoms. The van der Waals surface area contributed by atoms with Crippen LogP contribution in [-0.4, -0.2) is 5.78 Å². The molecule has 0 aliphatic heterocycles. The molecule has 1 heteroatoms. The highest BCUT2D eigenvalue weighted by Crippen LogP contribution is 2.39. The van der Waals surface area contributed by atoms with Crippen molar-refractivity contribution in [2.75, 3.05) is 0 Å². The van der Waals surface area contributed by atoms with E-state index in [2.05, 4.69) is 12.2 Å². The van der Waals surface area contributed by atoms with E-state index >= 15 is 0 Å². The third kappa shape index (κ3) is 0.953. The van der Waals surface area contributed by atoms with Gasteiger partial charge >= 0.3 is 0 Å². The largest absolute Gasteiger partial charge is 0.294 e. The molecule has 1 spiro atoms. The van der Waals surface area contributed by atoms with Gasteiger partial charge in [-0.05, 0) is 31.8 Å². The number of ketones is 1. The van der Waals surface area contributed by atoms with Crippen LogP contribution in [0.1, 0.15) is 25.7 Å². The second-order valence-corrected chi connectivity index (χ2v) is 3.42. The molecule has 0 radical (unpaired) electrons. The van der Waals surface area contributed by atoms with Gasteiger partial charge in [0.25, 0.3) is 0 Å². The van der Waals surface area contributed by atoms with Crippen LogP contribution >= 0.6 is 0 Å². The third-order valence-corrected chi connectivity index (χ3v) is 2.67. The summed E-state index contributed by atoms with van der Waals surface area (Å²) in [5.41, 5.74) is -0.0990. The molecule has 0 saturated heterocycles. The van der Waals surface area contributed by atoms with Crippen molar-refractivity contribution in [2.24, 2.45) is 5.41 Å². The predicted molar refractivity (Wildman–Crippen MR) is 44.2 cm³/mol. The second kappa shape index (κ2) is 2.33. The van der Waals surface area contributed by atoms with Crippen LogP contribution in [0, 0.1) is 5.41 Å². The van der Waals surface area contributed by atoms with Crippen molar-refractivity contribution in [2.45, 2.75) is 25.7 Å². The number of hydrogen-bond donors (Lipinski definition) is 0. The molecule has 0 aromatic heterocycles. The van der Waals surface area contributed by atoms with Crippen LogP contribution in [0.4, 0.5) is 0 Å². The van der Waals surface area contributed by atoms with E-state index in [1.165, 1.54) is 6.42 Å². The Kier molecular flexibility index (Phi) is 1.45. The Labute approximate surface area is 66.8 Å². The first-order valence-electron chi connectivity index (χ1n) is 4.22. The minimum atomic E-state index is -0.0990. The van der Waals surface area contributed by atoms with Crippen molar-refractivity contribution < 1.29 is 4.79 Å². The first kappa shape index (κ1) is 6.84. The lowest BCUT2D eigenvalue weighted by atomic mass is 9.76. The molecular formula is C10H12O. The van der Waals surface area contributed by atoms with Crippen molar-refractivity contribution in [1.29, 1.82) is 0 Å². The van der Waals surface area contributed by atoms with Crippen LogP contribution in [0.3, 0.4) is 0 Å². The zero-order chi connectivity index (χ0) is 7.73. The van der Waals surface area contributed by atoms with Crippen molar-refractivity contribution in [1.82, 2.24) is 0 Å². The summed E-state index contributed by atoms with van der Waals surface area (Å²) in [7, 11) is 0. The molecular weight excluding hydrogens is 136 g/mol. The average molecular weight is 148 g/mol. The van der Waals surface area contributed by atoms with E-state index in [0.717, 1.165) is 19.3 Å². The van der Waals surface area contributed by atoms with E-state index < -0.39 is 0 Å². The van der Waals surface area contributed by atoms with Crippen molar-refractivity contribution in [3.05, 3.63) is 24.3 Å². The molecule has 11 heavy (non-hydrogen) atoms. The molecule has 2 aliphatic carbocycles. The number of rotatable bonds is 0. The maximum Gasteiger partial charge on any atom is 0.165 e. The van der Waals surface area contributed by atoms with Gasteiger partial charge in [-0.2, -0.15) is 0 Å². The highest BCUT2D eigenvalue weighted by Gasteiger charge is 2.36. The Balaban J connectivity index is 2.28. The summed E-state index contributed by atoms with van der Waals surface area (Å²) in [6, 6.07) is 0. The molecule has 0 aromatic carbocycles. The van der Waals surface area contributed by atoms with Gasteiger partial charge in [0.2, 0.25) is 0 Å². The number of carbonyl (C=O) groups is 1. The van der Waals surface area contributed by atoms with E-state index in [1.54, 1.807) is 6.08 Å². The molecule has 0 amide bonds. The van der Waals surface area contributed by atoms with Gasteiger partial charge in [-0.1, -0.05) is 18.2 Å². The monoisotopic (exact) mass is 148 g/mol. The predicted octanol–water partition coefficient (Wildman–Crippen LogP) is 2.24. The Bertz CT molecular complexity index is 237. The molecule has 1 atom stereocenters. The molecule has 0 N–H and O–H groups in total. The first-order valence-corrected chi connectivity index (χ1v) is 4.22. The van der Waals surface area contributed by atoms with E-state index in [9.17, 15) is 4.79 Å². The highest BCUT2D eigenvalue weighted by atomic mass is 16.1. The molecule has 2 rings (SSSR count). The van der Waals surface area contributed by atoms with Gasteiger partial charge in [0.15, 0.2) is 5.78 Å². The Morgan fingerprint density at radius 1 is 1.36 bits per heavy atom. The lowest BCUT2D eigenvalue weighted by Crippen LogP contribution is -2.25. The number of allylic oxidation sites excluding steroid dienone is 4. The van der Waals surface area contributed by atoms with Gasteiger partial charge in [-0.15, -0.1) is 0 Å². The van der Waals surface area contributed by atoms with E-state index in [0.29, 0.717) is 5.78 Å². The van der Waals surface area contributed by atoms with E-state index in [-0.39, 0.29) is 5.41 Å². The topological polar surface area (TPSA) is 17.1 Å². The second-order valence-electron chi connectivity index (χ2n) is 3.42. The normalized spacial score (nSPS) is 35.5. The van der Waals surface area contributed by atoms with Crippen LogP contribution in [0.5, 0.6) is 0 Å². The molecule has 1 nitrogen and oxygen atoms in total. The lowest BCUT2D eigenvalue weighted by Gasteiger charge is -2.26. The quantitative estimate of drug-likeness (QED) is 0.481. The van der Waals surface area contributed by atoms with Crippen LogP contribution in [0.2, 0.25) is 0 Å². The van der Waals surface area contributed by atoms with Crippen LogP contribution in [-0.2, 0) is 4.79 Å². The van der Waals surface area contributed by atoms with Crippen molar-refractivity contribution in [3.63, 3.8) is 0 Å². The highest BCUT2D eigenvalue weighted by molar-refractivity contribution is 5.98. The van der Waals surface area contributed by atoms with E-state index in [1.807, 2.05) is 6.08 Å². The van der Waals surface area contributed by atoms with Gasteiger partial charge in [-0.3, -0.25) is 4.79 Å². The molecule has 2 aliphatic rings. The van der Waals surface area contributed by atoms with Crippen LogP contribution in [0.25, 0.3) is 0 Å². The fourth-order valence-electron chi connectivity index (χ4n) is 1.95. The zero-order valence-electron chi connectivity index (χ0n) is 6.55. The summed E-state index contributed by atoms with van der Waals surface area (Å²) < 4.78 is 0. The maximum absolute atomic E-state index is 11.4. The summed E-state index contributed by atoms with van der Waals surface area (Å²) in [5.74, 6) is 0.313. The standard InChI is InChI=1S/C10H12O/c11-9-5-4-8-10(9)6-2-1-3-7-10/h2,4-6H,1,3,7-8H2. The number of carbonyl (C=O) groups excluding carboxylic acids is 1. The minimum Gasteiger partial charge on any atom is -0.294 e. The van der Waals surface area contributed by atoms with Gasteiger partial charge in [-0.25, -0.2) is 0 Å². The molecule has 58 valence electrons. The van der Waals surface area contributed by atoms with Gasteiger partial charge in [0.05, 0.1) is 5.41 Å². The molecule has 0 fully saturated rings. The van der Waals surface area contributed by atoms with Crippen LogP contribution in [0.15, 0.2) is 24.3 Å². The van der Waals surface area contributed by atoms with Crippen molar-refractivity contribution >= 4 is 5.78 Å². The fourth-order valence-corrected chi connectivity index (χ4v) is 1.95. The average Bonchev–Trinajstić information content (AvgIpc) is 2.36. The third-order valence-electron chi connectivity index (χ3n) is 2.67. The summed E-state index contributed by atoms with van der Waals surface area (Å²) in [6.07, 6.45) is 12.3. The van der Waals surface area contributed by atoms with E-state index in [4.69, 9.17) is 0 Å². The molecule has 0 aromatic rings. The SMILES string of the molecule is O=C1C=CCC12C=CCCC2. The van der Waals surface area contributed by atoms with Gasteiger partial charge in [0, 0.05) is 0 Å². The maximum atomic E-state index is 11.4. The Morgan fingerprint density at radius 3 is 2.82 bits per heavy atom. The Hall–Kier alpha value is -0.850. The zero-order valence-corrected chi connectivity index (χ0v) is 6.55. The van der Waals surface area contributed by atoms with Crippen LogP contribution < -0.4 is 0 Å². The fraction of sp³-hybridized carbons (Fsp3) is 0.500. The molecule has 0 saturated carbocycles. The molecule has 0 heterocycles. The summed E-state index contributed by atoms with van der Waals surface area (Å²) in [5, 5.41) is 0. The first-order chi connectivity index (χ1) is 5.33. The smallest absolute Gasteiger partial charge is 0.165 e. The summed E-state index contributed by atoms with van der Waals surface area (Å²) in [4.78, 5) is 11.4. The van der Waals surface area contributed by atoms with Gasteiger partial charge < -0.3 is 0 Å². The lowest BCUT2D eigenvalue weighted by molar-refractivity contribution is -0.121. The number of hydrogen-bond acceptors (Lipinski definition) is 1. The Morgan fingerprint density at radius 2 is 2.27 bits per heavy atom. The summed E-state index contributed by atoms with van der Waals surface area (Å²) in [6.45, 7) is 0.